The monoisotopic (exact) mass is 288 g/mol. The van der Waals surface area contributed by atoms with Gasteiger partial charge in [0.05, 0.1) is 5.25 Å². The standard InChI is InChI=1S/C11H16N2O3S2/c1-8(2)18(14,15)13-9-3-5-10(6-4-9)16-7-11(12)17/h3-6,8,13H,7H2,1-2H3,(H2,12,17). The van der Waals surface area contributed by atoms with Gasteiger partial charge in [0, 0.05) is 5.69 Å². The van der Waals surface area contributed by atoms with Crippen molar-refractivity contribution in [2.24, 2.45) is 5.73 Å². The summed E-state index contributed by atoms with van der Waals surface area (Å²) in [6.07, 6.45) is 0. The Morgan fingerprint density at radius 2 is 1.94 bits per heavy atom. The number of thiocarbonyl (C=S) groups is 1. The van der Waals surface area contributed by atoms with E-state index in [-0.39, 0.29) is 11.6 Å². The molecule has 0 spiro atoms. The van der Waals surface area contributed by atoms with Gasteiger partial charge in [0.25, 0.3) is 0 Å². The van der Waals surface area contributed by atoms with Gasteiger partial charge in [0.1, 0.15) is 17.3 Å². The molecule has 0 unspecified atom stereocenters. The zero-order valence-electron chi connectivity index (χ0n) is 10.2. The molecule has 0 amide bonds. The van der Waals surface area contributed by atoms with Crippen LogP contribution in [0.5, 0.6) is 5.75 Å². The summed E-state index contributed by atoms with van der Waals surface area (Å²) < 4.78 is 31.0. The van der Waals surface area contributed by atoms with Crippen molar-refractivity contribution < 1.29 is 13.2 Å². The Labute approximate surface area is 112 Å². The van der Waals surface area contributed by atoms with E-state index < -0.39 is 15.3 Å². The molecule has 0 saturated heterocycles. The largest absolute Gasteiger partial charge is 0.487 e. The highest BCUT2D eigenvalue weighted by atomic mass is 32.2. The first-order valence-electron chi connectivity index (χ1n) is 5.34. The van der Waals surface area contributed by atoms with Gasteiger partial charge in [-0.1, -0.05) is 12.2 Å². The summed E-state index contributed by atoms with van der Waals surface area (Å²) in [5, 5.41) is -0.483. The van der Waals surface area contributed by atoms with Crippen LogP contribution >= 0.6 is 12.2 Å². The van der Waals surface area contributed by atoms with Crippen molar-refractivity contribution in [2.45, 2.75) is 19.1 Å². The quantitative estimate of drug-likeness (QED) is 0.775. The molecular formula is C11H16N2O3S2. The normalized spacial score (nSPS) is 11.3. The third-order valence-corrected chi connectivity index (χ3v) is 4.00. The topological polar surface area (TPSA) is 81.4 Å². The van der Waals surface area contributed by atoms with Crippen LogP contribution in [0.15, 0.2) is 24.3 Å². The van der Waals surface area contributed by atoms with E-state index in [1.54, 1.807) is 38.1 Å². The summed E-state index contributed by atoms with van der Waals surface area (Å²) in [5.74, 6) is 0.579. The van der Waals surface area contributed by atoms with Gasteiger partial charge in [0.15, 0.2) is 0 Å². The molecule has 1 rings (SSSR count). The number of anilines is 1. The first-order chi connectivity index (χ1) is 8.31. The fourth-order valence-corrected chi connectivity index (χ4v) is 1.82. The van der Waals surface area contributed by atoms with E-state index in [1.807, 2.05) is 0 Å². The second-order valence-corrected chi connectivity index (χ2v) is 6.74. The van der Waals surface area contributed by atoms with Crippen molar-refractivity contribution in [2.75, 3.05) is 11.3 Å². The molecule has 18 heavy (non-hydrogen) atoms. The number of hydrogen-bond acceptors (Lipinski definition) is 4. The summed E-state index contributed by atoms with van der Waals surface area (Å²) >= 11 is 4.68. The highest BCUT2D eigenvalue weighted by molar-refractivity contribution is 7.93. The van der Waals surface area contributed by atoms with E-state index in [0.717, 1.165) is 0 Å². The van der Waals surface area contributed by atoms with Gasteiger partial charge in [-0.2, -0.15) is 0 Å². The molecule has 1 aromatic carbocycles. The lowest BCUT2D eigenvalue weighted by atomic mass is 10.3. The van der Waals surface area contributed by atoms with E-state index >= 15 is 0 Å². The van der Waals surface area contributed by atoms with Crippen molar-refractivity contribution in [3.63, 3.8) is 0 Å². The summed E-state index contributed by atoms with van der Waals surface area (Å²) in [5.41, 5.74) is 5.79. The summed E-state index contributed by atoms with van der Waals surface area (Å²) in [7, 11) is -3.32. The van der Waals surface area contributed by atoms with Gasteiger partial charge in [-0.25, -0.2) is 8.42 Å². The molecule has 0 saturated carbocycles. The van der Waals surface area contributed by atoms with Crippen LogP contribution in [0.2, 0.25) is 0 Å². The summed E-state index contributed by atoms with van der Waals surface area (Å²) in [4.78, 5) is 0.264. The molecule has 100 valence electrons. The molecule has 5 nitrogen and oxygen atoms in total. The van der Waals surface area contributed by atoms with E-state index in [0.29, 0.717) is 11.4 Å². The molecule has 0 fully saturated rings. The zero-order chi connectivity index (χ0) is 13.8. The molecule has 7 heteroatoms. The maximum absolute atomic E-state index is 11.6. The van der Waals surface area contributed by atoms with Crippen LogP contribution in [-0.4, -0.2) is 25.3 Å². The number of hydrogen-bond donors (Lipinski definition) is 2. The van der Waals surface area contributed by atoms with Crippen molar-refractivity contribution >= 4 is 32.9 Å². The molecule has 1 aromatic rings. The third-order valence-electron chi connectivity index (χ3n) is 2.12. The molecule has 0 aliphatic carbocycles. The highest BCUT2D eigenvalue weighted by Gasteiger charge is 2.15. The number of nitrogens with one attached hydrogen (secondary N) is 1. The Bertz CT molecular complexity index is 510. The minimum Gasteiger partial charge on any atom is -0.487 e. The minimum absolute atomic E-state index is 0.159. The lowest BCUT2D eigenvalue weighted by Crippen LogP contribution is -2.22. The summed E-state index contributed by atoms with van der Waals surface area (Å²) in [6.45, 7) is 3.39. The van der Waals surface area contributed by atoms with Crippen molar-refractivity contribution in [3.05, 3.63) is 24.3 Å². The van der Waals surface area contributed by atoms with Gasteiger partial charge < -0.3 is 10.5 Å². The van der Waals surface area contributed by atoms with Crippen molar-refractivity contribution in [1.82, 2.24) is 0 Å². The fourth-order valence-electron chi connectivity index (χ4n) is 1.06. The minimum atomic E-state index is -3.32. The predicted molar refractivity (Wildman–Crippen MR) is 76.4 cm³/mol. The molecule has 0 aliphatic heterocycles. The Balaban J connectivity index is 2.69. The summed E-state index contributed by atoms with van der Waals surface area (Å²) in [6, 6.07) is 6.54. The fraction of sp³-hybridized carbons (Fsp3) is 0.364. The average Bonchev–Trinajstić information content (AvgIpc) is 2.27. The molecule has 0 aliphatic rings. The van der Waals surface area contributed by atoms with Crippen LogP contribution in [0.25, 0.3) is 0 Å². The Kier molecular flexibility index (Phi) is 4.92. The van der Waals surface area contributed by atoms with Crippen LogP contribution in [0, 0.1) is 0 Å². The lowest BCUT2D eigenvalue weighted by Gasteiger charge is -2.11. The third kappa shape index (κ3) is 4.50. The highest BCUT2D eigenvalue weighted by Crippen LogP contribution is 2.17. The maximum Gasteiger partial charge on any atom is 0.235 e. The predicted octanol–water partition coefficient (Wildman–Crippen LogP) is 1.50. The second kappa shape index (κ2) is 6.01. The number of benzene rings is 1. The SMILES string of the molecule is CC(C)S(=O)(=O)Nc1ccc(OCC(N)=S)cc1. The molecule has 3 N–H and O–H groups in total. The van der Waals surface area contributed by atoms with Gasteiger partial charge in [-0.05, 0) is 38.1 Å². The molecular weight excluding hydrogens is 272 g/mol. The Morgan fingerprint density at radius 3 is 2.39 bits per heavy atom. The molecule has 0 atom stereocenters. The number of ether oxygens (including phenoxy) is 1. The van der Waals surface area contributed by atoms with E-state index in [9.17, 15) is 8.42 Å². The van der Waals surface area contributed by atoms with E-state index in [1.165, 1.54) is 0 Å². The van der Waals surface area contributed by atoms with E-state index in [4.69, 9.17) is 10.5 Å². The maximum atomic E-state index is 11.6. The van der Waals surface area contributed by atoms with Gasteiger partial charge in [-0.3, -0.25) is 4.72 Å². The van der Waals surface area contributed by atoms with Crippen LogP contribution in [0.1, 0.15) is 13.8 Å². The first-order valence-corrected chi connectivity index (χ1v) is 7.29. The van der Waals surface area contributed by atoms with Gasteiger partial charge in [0.2, 0.25) is 10.0 Å². The van der Waals surface area contributed by atoms with Crippen LogP contribution in [0.3, 0.4) is 0 Å². The molecule has 0 aromatic heterocycles. The smallest absolute Gasteiger partial charge is 0.235 e. The van der Waals surface area contributed by atoms with Crippen molar-refractivity contribution in [3.8, 4) is 5.75 Å². The van der Waals surface area contributed by atoms with Crippen LogP contribution in [0.4, 0.5) is 5.69 Å². The average molecular weight is 288 g/mol. The van der Waals surface area contributed by atoms with Gasteiger partial charge in [-0.15, -0.1) is 0 Å². The van der Waals surface area contributed by atoms with Gasteiger partial charge >= 0.3 is 0 Å². The van der Waals surface area contributed by atoms with E-state index in [2.05, 4.69) is 16.9 Å². The number of sulfonamides is 1. The zero-order valence-corrected chi connectivity index (χ0v) is 11.8. The first kappa shape index (κ1) is 14.7. The molecule has 0 radical (unpaired) electrons. The Morgan fingerprint density at radius 1 is 1.39 bits per heavy atom. The van der Waals surface area contributed by atoms with Crippen molar-refractivity contribution in [1.29, 1.82) is 0 Å². The van der Waals surface area contributed by atoms with Crippen LogP contribution in [-0.2, 0) is 10.0 Å². The lowest BCUT2D eigenvalue weighted by molar-refractivity contribution is 0.377. The molecule has 0 bridgehead atoms. The number of nitrogens with two attached hydrogens (primary N) is 1. The Hall–Kier alpha value is -1.34. The van der Waals surface area contributed by atoms with Crippen LogP contribution < -0.4 is 15.2 Å². The second-order valence-electron chi connectivity index (χ2n) is 3.98. The number of rotatable bonds is 6. The molecule has 0 heterocycles.